The molecule has 0 aliphatic carbocycles. The molecule has 104 valence electrons. The number of nitrogens with two attached hydrogens (primary N) is 1. The Morgan fingerprint density at radius 2 is 2.37 bits per heavy atom. The Bertz CT molecular complexity index is 495. The number of thiocarbonyl (C=S) groups is 1. The van der Waals surface area contributed by atoms with E-state index >= 15 is 0 Å². The monoisotopic (exact) mass is 345 g/mol. The van der Waals surface area contributed by atoms with Crippen molar-refractivity contribution in [2.75, 3.05) is 32.0 Å². The molecule has 1 aromatic carbocycles. The van der Waals surface area contributed by atoms with E-state index < -0.39 is 0 Å². The highest BCUT2D eigenvalue weighted by atomic mass is 79.9. The minimum atomic E-state index is -0.336. The van der Waals surface area contributed by atoms with Crippen LogP contribution in [0.3, 0.4) is 0 Å². The summed E-state index contributed by atoms with van der Waals surface area (Å²) >= 11 is 8.08. The molecule has 1 aliphatic heterocycles. The summed E-state index contributed by atoms with van der Waals surface area (Å²) < 4.78 is 14.5. The first-order chi connectivity index (χ1) is 8.99. The van der Waals surface area contributed by atoms with E-state index in [9.17, 15) is 4.39 Å². The molecule has 1 aromatic rings. The van der Waals surface area contributed by atoms with Crippen LogP contribution >= 0.6 is 28.1 Å². The molecule has 1 heterocycles. The lowest BCUT2D eigenvalue weighted by Gasteiger charge is -2.14. The number of nitrogens with zero attached hydrogens (tertiary/aromatic N) is 1. The highest BCUT2D eigenvalue weighted by Gasteiger charge is 2.20. The SMILES string of the molecule is CN1CCC(CNc2ccc(C(N)=S)c(Br)c2F)C1. The van der Waals surface area contributed by atoms with Gasteiger partial charge in [-0.1, -0.05) is 12.2 Å². The first kappa shape index (κ1) is 14.7. The molecule has 1 saturated heterocycles. The largest absolute Gasteiger partial charge is 0.389 e. The summed E-state index contributed by atoms with van der Waals surface area (Å²) in [6.07, 6.45) is 1.15. The van der Waals surface area contributed by atoms with Gasteiger partial charge >= 0.3 is 0 Å². The van der Waals surface area contributed by atoms with Crippen molar-refractivity contribution < 1.29 is 4.39 Å². The van der Waals surface area contributed by atoms with Crippen LogP contribution in [0.1, 0.15) is 12.0 Å². The minimum Gasteiger partial charge on any atom is -0.389 e. The van der Waals surface area contributed by atoms with E-state index in [4.69, 9.17) is 18.0 Å². The third-order valence-corrected chi connectivity index (χ3v) is 4.41. The highest BCUT2D eigenvalue weighted by molar-refractivity contribution is 9.10. The standard InChI is InChI=1S/C13H17BrFN3S/c1-18-5-4-8(7-18)6-17-10-3-2-9(13(16)19)11(14)12(10)15/h2-3,8,17H,4-7H2,1H3,(H2,16,19). The first-order valence-electron chi connectivity index (χ1n) is 6.19. The summed E-state index contributed by atoms with van der Waals surface area (Å²) in [4.78, 5) is 2.48. The molecule has 3 nitrogen and oxygen atoms in total. The van der Waals surface area contributed by atoms with Crippen LogP contribution < -0.4 is 11.1 Å². The van der Waals surface area contributed by atoms with Crippen LogP contribution in [0.15, 0.2) is 16.6 Å². The molecular weight excluding hydrogens is 329 g/mol. The Morgan fingerprint density at radius 3 is 2.95 bits per heavy atom. The molecule has 1 fully saturated rings. The summed E-state index contributed by atoms with van der Waals surface area (Å²) in [5.41, 5.74) is 6.55. The van der Waals surface area contributed by atoms with Gasteiger partial charge in [0.2, 0.25) is 0 Å². The molecule has 6 heteroatoms. The topological polar surface area (TPSA) is 41.3 Å². The van der Waals surface area contributed by atoms with Gasteiger partial charge in [-0.25, -0.2) is 4.39 Å². The fraction of sp³-hybridized carbons (Fsp3) is 0.462. The van der Waals surface area contributed by atoms with Gasteiger partial charge in [0.25, 0.3) is 0 Å². The Hall–Kier alpha value is -0.720. The van der Waals surface area contributed by atoms with Crippen molar-refractivity contribution in [2.24, 2.45) is 11.7 Å². The van der Waals surface area contributed by atoms with Gasteiger partial charge in [-0.3, -0.25) is 0 Å². The van der Waals surface area contributed by atoms with Crippen molar-refractivity contribution in [1.82, 2.24) is 4.90 Å². The number of rotatable bonds is 4. The van der Waals surface area contributed by atoms with Crippen molar-refractivity contribution in [3.05, 3.63) is 28.0 Å². The number of likely N-dealkylation sites (tertiary alicyclic amines) is 1. The fourth-order valence-electron chi connectivity index (χ4n) is 2.32. The van der Waals surface area contributed by atoms with Crippen molar-refractivity contribution in [3.8, 4) is 0 Å². The summed E-state index contributed by atoms with van der Waals surface area (Å²) in [7, 11) is 2.11. The van der Waals surface area contributed by atoms with Crippen LogP contribution in [-0.2, 0) is 0 Å². The lowest BCUT2D eigenvalue weighted by atomic mass is 10.1. The molecular formula is C13H17BrFN3S. The fourth-order valence-corrected chi connectivity index (χ4v) is 3.18. The highest BCUT2D eigenvalue weighted by Crippen LogP contribution is 2.27. The van der Waals surface area contributed by atoms with Crippen LogP contribution in [0, 0.1) is 11.7 Å². The van der Waals surface area contributed by atoms with Crippen LogP contribution in [0.25, 0.3) is 0 Å². The molecule has 0 saturated carbocycles. The number of anilines is 1. The average Bonchev–Trinajstić information content (AvgIpc) is 2.76. The van der Waals surface area contributed by atoms with Gasteiger partial charge in [-0.15, -0.1) is 0 Å². The van der Waals surface area contributed by atoms with Gasteiger partial charge in [-0.2, -0.15) is 0 Å². The zero-order valence-electron chi connectivity index (χ0n) is 10.7. The lowest BCUT2D eigenvalue weighted by molar-refractivity contribution is 0.399. The van der Waals surface area contributed by atoms with Crippen molar-refractivity contribution in [3.63, 3.8) is 0 Å². The van der Waals surface area contributed by atoms with E-state index in [0.717, 1.165) is 26.1 Å². The normalized spacial score (nSPS) is 19.6. The smallest absolute Gasteiger partial charge is 0.161 e. The summed E-state index contributed by atoms with van der Waals surface area (Å²) in [6.45, 7) is 2.94. The zero-order chi connectivity index (χ0) is 14.0. The second-order valence-electron chi connectivity index (χ2n) is 4.95. The van der Waals surface area contributed by atoms with Crippen LogP contribution in [0.2, 0.25) is 0 Å². The zero-order valence-corrected chi connectivity index (χ0v) is 13.2. The molecule has 1 unspecified atom stereocenters. The maximum Gasteiger partial charge on any atom is 0.161 e. The van der Waals surface area contributed by atoms with Crippen LogP contribution in [0.4, 0.5) is 10.1 Å². The maximum atomic E-state index is 14.1. The summed E-state index contributed by atoms with van der Waals surface area (Å²) in [5.74, 6) is 0.232. The lowest BCUT2D eigenvalue weighted by Crippen LogP contribution is -2.19. The molecule has 2 rings (SSSR count). The molecule has 1 atom stereocenters. The van der Waals surface area contributed by atoms with Gasteiger partial charge in [-0.05, 0) is 54.0 Å². The number of nitrogens with one attached hydrogen (secondary N) is 1. The van der Waals surface area contributed by atoms with Gasteiger partial charge in [0.05, 0.1) is 10.2 Å². The van der Waals surface area contributed by atoms with E-state index in [0.29, 0.717) is 21.6 Å². The van der Waals surface area contributed by atoms with E-state index in [1.165, 1.54) is 0 Å². The third-order valence-electron chi connectivity index (χ3n) is 3.42. The second kappa shape index (κ2) is 6.15. The third kappa shape index (κ3) is 3.43. The van der Waals surface area contributed by atoms with Crippen molar-refractivity contribution >= 4 is 38.8 Å². The molecule has 19 heavy (non-hydrogen) atoms. The minimum absolute atomic E-state index is 0.190. The predicted molar refractivity (Wildman–Crippen MR) is 84.1 cm³/mol. The number of halogens is 2. The van der Waals surface area contributed by atoms with Crippen molar-refractivity contribution in [2.45, 2.75) is 6.42 Å². The van der Waals surface area contributed by atoms with Crippen molar-refractivity contribution in [1.29, 1.82) is 0 Å². The Kier molecular flexibility index (Phi) is 4.76. The molecule has 0 radical (unpaired) electrons. The summed E-state index contributed by atoms with van der Waals surface area (Å²) in [6, 6.07) is 3.42. The Balaban J connectivity index is 2.05. The van der Waals surface area contributed by atoms with E-state index in [-0.39, 0.29) is 10.8 Å². The quantitative estimate of drug-likeness (QED) is 0.823. The van der Waals surface area contributed by atoms with E-state index in [1.54, 1.807) is 12.1 Å². The average molecular weight is 346 g/mol. The van der Waals surface area contributed by atoms with Gasteiger partial charge < -0.3 is 16.0 Å². The van der Waals surface area contributed by atoms with Crippen LogP contribution in [-0.4, -0.2) is 36.6 Å². The predicted octanol–water partition coefficient (Wildman–Crippen LogP) is 2.59. The molecule has 1 aliphatic rings. The van der Waals surface area contributed by atoms with E-state index in [1.807, 2.05) is 0 Å². The Labute approximate surface area is 126 Å². The van der Waals surface area contributed by atoms with E-state index in [2.05, 4.69) is 33.2 Å². The van der Waals surface area contributed by atoms with Gasteiger partial charge in [0.1, 0.15) is 4.99 Å². The maximum absolute atomic E-state index is 14.1. The molecule has 0 spiro atoms. The van der Waals surface area contributed by atoms with Crippen LogP contribution in [0.5, 0.6) is 0 Å². The first-order valence-corrected chi connectivity index (χ1v) is 7.39. The molecule has 3 N–H and O–H groups in total. The molecule has 0 aromatic heterocycles. The molecule has 0 amide bonds. The number of hydrogen-bond donors (Lipinski definition) is 2. The van der Waals surface area contributed by atoms with Gasteiger partial charge in [0.15, 0.2) is 5.82 Å². The number of hydrogen-bond acceptors (Lipinski definition) is 3. The molecule has 0 bridgehead atoms. The number of benzene rings is 1. The van der Waals surface area contributed by atoms with Gasteiger partial charge in [0, 0.05) is 18.7 Å². The second-order valence-corrected chi connectivity index (χ2v) is 6.18. The Morgan fingerprint density at radius 1 is 1.63 bits per heavy atom. The summed E-state index contributed by atoms with van der Waals surface area (Å²) in [5, 5.41) is 3.17.